The van der Waals surface area contributed by atoms with Crippen molar-refractivity contribution in [3.05, 3.63) is 40.2 Å². The second-order valence-electron chi connectivity index (χ2n) is 2.93. The average molecular weight is 305 g/mol. The molecule has 6 nitrogen and oxygen atoms in total. The number of hydrogen-bond acceptors (Lipinski definition) is 6. The van der Waals surface area contributed by atoms with Gasteiger partial charge in [0.1, 0.15) is 12.1 Å². The van der Waals surface area contributed by atoms with Crippen LogP contribution in [0, 0.1) is 22.7 Å². The molecule has 1 aromatic carbocycles. The van der Waals surface area contributed by atoms with E-state index in [1.165, 1.54) is 12.1 Å². The number of ketones is 1. The molecule has 0 heterocycles. The van der Waals surface area contributed by atoms with Crippen LogP contribution in [-0.4, -0.2) is 10.9 Å². The molecule has 0 saturated heterocycles. The van der Waals surface area contributed by atoms with Gasteiger partial charge in [0.05, 0.1) is 5.69 Å². The summed E-state index contributed by atoms with van der Waals surface area (Å²) in [6.45, 7) is 0. The number of aliphatic hydroxyl groups is 1. The van der Waals surface area contributed by atoms with Crippen molar-refractivity contribution < 1.29 is 9.90 Å². The molecule has 88 valence electrons. The van der Waals surface area contributed by atoms with Crippen LogP contribution in [0.4, 0.5) is 5.69 Å². The summed E-state index contributed by atoms with van der Waals surface area (Å²) in [5.74, 6) is -2.07. The molecule has 0 saturated carbocycles. The fraction of sp³-hybridized carbons (Fsp3) is 0. The van der Waals surface area contributed by atoms with E-state index in [-0.39, 0.29) is 0 Å². The van der Waals surface area contributed by atoms with Crippen LogP contribution in [0.5, 0.6) is 0 Å². The smallest absolute Gasteiger partial charge is 0.286 e. The van der Waals surface area contributed by atoms with E-state index < -0.39 is 17.2 Å². The van der Waals surface area contributed by atoms with Crippen molar-refractivity contribution in [1.29, 1.82) is 10.5 Å². The Kier molecular flexibility index (Phi) is 4.73. The highest BCUT2D eigenvalue weighted by Gasteiger charge is 2.14. The van der Waals surface area contributed by atoms with E-state index in [4.69, 9.17) is 15.6 Å². The first-order valence-corrected chi connectivity index (χ1v) is 5.33. The highest BCUT2D eigenvalue weighted by atomic mass is 79.9. The first-order chi connectivity index (χ1) is 8.58. The van der Waals surface area contributed by atoms with Crippen molar-refractivity contribution in [3.8, 4) is 12.1 Å². The third-order valence-corrected chi connectivity index (χ3v) is 2.27. The van der Waals surface area contributed by atoms with Gasteiger partial charge < -0.3 is 5.11 Å². The fourth-order valence-electron chi connectivity index (χ4n) is 0.922. The molecule has 0 amide bonds. The number of halogens is 1. The molecule has 0 radical (unpaired) electrons. The van der Waals surface area contributed by atoms with Gasteiger partial charge in [0.2, 0.25) is 5.76 Å². The Morgan fingerprint density at radius 3 is 2.33 bits per heavy atom. The van der Waals surface area contributed by atoms with E-state index in [9.17, 15) is 4.79 Å². The maximum atomic E-state index is 11.1. The number of nitrogens with zero attached hydrogens (tertiary/aromatic N) is 4. The van der Waals surface area contributed by atoms with Crippen molar-refractivity contribution >= 4 is 27.4 Å². The summed E-state index contributed by atoms with van der Waals surface area (Å²) in [7, 11) is 0. The van der Waals surface area contributed by atoms with E-state index in [2.05, 4.69) is 26.2 Å². The minimum atomic E-state index is -1.13. The zero-order valence-corrected chi connectivity index (χ0v) is 10.4. The molecule has 18 heavy (non-hydrogen) atoms. The highest BCUT2D eigenvalue weighted by Crippen LogP contribution is 2.18. The quantitative estimate of drug-likeness (QED) is 0.231. The number of aliphatic hydroxyl groups excluding tert-OH is 1. The largest absolute Gasteiger partial charge is 0.498 e. The van der Waals surface area contributed by atoms with Gasteiger partial charge in [0, 0.05) is 4.47 Å². The maximum Gasteiger partial charge on any atom is 0.286 e. The Morgan fingerprint density at radius 1 is 1.22 bits per heavy atom. The monoisotopic (exact) mass is 304 g/mol. The summed E-state index contributed by atoms with van der Waals surface area (Å²) in [6, 6.07) is 9.19. The maximum absolute atomic E-state index is 11.1. The molecule has 0 fully saturated rings. The Bertz CT molecular complexity index is 605. The SMILES string of the molecule is N#CC(=O)/C(N=Nc1ccc(Br)cc1)=C(/O)C#N. The number of Topliss-reactive ketones (excluding diaryl/α,β-unsaturated/α-hetero) is 1. The van der Waals surface area contributed by atoms with Crippen LogP contribution in [0.2, 0.25) is 0 Å². The van der Waals surface area contributed by atoms with Crippen LogP contribution in [0.15, 0.2) is 50.4 Å². The topological polar surface area (TPSA) is 110 Å². The normalized spacial score (nSPS) is 11.5. The van der Waals surface area contributed by atoms with Gasteiger partial charge in [0.15, 0.2) is 5.70 Å². The molecule has 0 aromatic heterocycles. The lowest BCUT2D eigenvalue weighted by Crippen LogP contribution is -1.99. The summed E-state index contributed by atoms with van der Waals surface area (Å²) in [6.07, 6.45) is 0. The fourth-order valence-corrected chi connectivity index (χ4v) is 1.19. The van der Waals surface area contributed by atoms with Crippen molar-refractivity contribution in [2.24, 2.45) is 10.2 Å². The van der Waals surface area contributed by atoms with Crippen LogP contribution in [-0.2, 0) is 4.79 Å². The van der Waals surface area contributed by atoms with E-state index in [0.29, 0.717) is 5.69 Å². The predicted molar refractivity (Wildman–Crippen MR) is 64.5 cm³/mol. The Labute approximate surface area is 111 Å². The van der Waals surface area contributed by atoms with Gasteiger partial charge in [0.25, 0.3) is 5.78 Å². The predicted octanol–water partition coefficient (Wildman–Crippen LogP) is 2.92. The van der Waals surface area contributed by atoms with Crippen LogP contribution in [0.25, 0.3) is 0 Å². The number of allylic oxidation sites excluding steroid dienone is 2. The van der Waals surface area contributed by atoms with E-state index >= 15 is 0 Å². The number of hydrogen-bond donors (Lipinski definition) is 1. The minimum absolute atomic E-state index is 0.409. The van der Waals surface area contributed by atoms with Crippen LogP contribution < -0.4 is 0 Å². The molecule has 7 heteroatoms. The van der Waals surface area contributed by atoms with Crippen molar-refractivity contribution in [2.45, 2.75) is 0 Å². The zero-order chi connectivity index (χ0) is 13.5. The molecular formula is C11H5BrN4O2. The van der Waals surface area contributed by atoms with E-state index in [1.807, 2.05) is 0 Å². The lowest BCUT2D eigenvalue weighted by Gasteiger charge is -1.94. The second kappa shape index (κ2) is 6.28. The molecular weight excluding hydrogens is 300 g/mol. The first kappa shape index (κ1) is 13.6. The van der Waals surface area contributed by atoms with Crippen LogP contribution in [0.3, 0.4) is 0 Å². The summed E-state index contributed by atoms with van der Waals surface area (Å²) in [5.41, 5.74) is -0.268. The van der Waals surface area contributed by atoms with E-state index in [1.54, 1.807) is 24.3 Å². The summed E-state index contributed by atoms with van der Waals surface area (Å²) < 4.78 is 0.838. The molecule has 0 bridgehead atoms. The Hall–Kier alpha value is -2.51. The molecule has 1 rings (SSSR count). The molecule has 0 spiro atoms. The van der Waals surface area contributed by atoms with Gasteiger partial charge in [-0.05, 0) is 24.3 Å². The Balaban J connectivity index is 3.07. The first-order valence-electron chi connectivity index (χ1n) is 4.53. The summed E-state index contributed by atoms with van der Waals surface area (Å²) in [4.78, 5) is 11.1. The van der Waals surface area contributed by atoms with Gasteiger partial charge in [-0.15, -0.1) is 5.11 Å². The number of rotatable bonds is 3. The average Bonchev–Trinajstić information content (AvgIpc) is 2.40. The standard InChI is InChI=1S/C11H5BrN4O2/c12-7-1-3-8(4-2-7)15-16-11(9(17)5-13)10(18)6-14/h1-4,17H/b11-9-,16-15?. The summed E-state index contributed by atoms with van der Waals surface area (Å²) in [5, 5.41) is 33.1. The molecule has 0 aliphatic rings. The lowest BCUT2D eigenvalue weighted by molar-refractivity contribution is -0.110. The second-order valence-corrected chi connectivity index (χ2v) is 3.84. The molecule has 0 atom stereocenters. The molecule has 0 aliphatic heterocycles. The molecule has 0 unspecified atom stereocenters. The van der Waals surface area contributed by atoms with Crippen LogP contribution in [0.1, 0.15) is 0 Å². The number of azo groups is 1. The summed E-state index contributed by atoms with van der Waals surface area (Å²) >= 11 is 3.23. The van der Waals surface area contributed by atoms with E-state index in [0.717, 1.165) is 4.47 Å². The Morgan fingerprint density at radius 2 is 1.83 bits per heavy atom. The van der Waals surface area contributed by atoms with Crippen molar-refractivity contribution in [2.75, 3.05) is 0 Å². The van der Waals surface area contributed by atoms with Gasteiger partial charge in [-0.3, -0.25) is 4.79 Å². The van der Waals surface area contributed by atoms with Crippen molar-refractivity contribution in [3.63, 3.8) is 0 Å². The number of carbonyl (C=O) groups is 1. The number of nitriles is 2. The molecule has 0 aliphatic carbocycles. The van der Waals surface area contributed by atoms with Gasteiger partial charge in [-0.1, -0.05) is 15.9 Å². The van der Waals surface area contributed by atoms with Gasteiger partial charge >= 0.3 is 0 Å². The lowest BCUT2D eigenvalue weighted by atomic mass is 10.3. The van der Waals surface area contributed by atoms with Gasteiger partial charge in [-0.25, -0.2) is 0 Å². The number of benzene rings is 1. The highest BCUT2D eigenvalue weighted by molar-refractivity contribution is 9.10. The van der Waals surface area contributed by atoms with Crippen molar-refractivity contribution in [1.82, 2.24) is 0 Å². The third kappa shape index (κ3) is 3.51. The molecule has 1 N–H and O–H groups in total. The molecule has 1 aromatic rings. The third-order valence-electron chi connectivity index (χ3n) is 1.74. The zero-order valence-electron chi connectivity index (χ0n) is 8.83. The number of carbonyl (C=O) groups excluding carboxylic acids is 1. The van der Waals surface area contributed by atoms with Gasteiger partial charge in [-0.2, -0.15) is 15.6 Å². The minimum Gasteiger partial charge on any atom is -0.498 e. The van der Waals surface area contributed by atoms with Crippen LogP contribution >= 0.6 is 15.9 Å².